The summed E-state index contributed by atoms with van der Waals surface area (Å²) in [5.74, 6) is 0. The van der Waals surface area contributed by atoms with Crippen LogP contribution in [0.4, 0.5) is 0 Å². The van der Waals surface area contributed by atoms with Gasteiger partial charge >= 0.3 is 0 Å². The molecule has 32 heavy (non-hydrogen) atoms. The first-order chi connectivity index (χ1) is 15.8. The first kappa shape index (κ1) is 30.1. The van der Waals surface area contributed by atoms with Gasteiger partial charge < -0.3 is 0 Å². The molecule has 1 aromatic carbocycles. The predicted octanol–water partition coefficient (Wildman–Crippen LogP) is 10.2. The van der Waals surface area contributed by atoms with Crippen LogP contribution in [0, 0.1) is 0 Å². The summed E-state index contributed by atoms with van der Waals surface area (Å²) in [7, 11) is 0.109. The van der Waals surface area contributed by atoms with Crippen LogP contribution in [0.15, 0.2) is 24.3 Å². The summed E-state index contributed by atoms with van der Waals surface area (Å²) in [6, 6.07) is 10.3. The Morgan fingerprint density at radius 3 is 0.844 bits per heavy atom. The number of unbranched alkanes of at least 4 members (excludes halogenated alkanes) is 12. The smallest absolute Gasteiger partial charge is 0.0240 e. The van der Waals surface area contributed by atoms with Crippen molar-refractivity contribution in [2.75, 3.05) is 24.6 Å². The van der Waals surface area contributed by atoms with Crippen LogP contribution in [0.25, 0.3) is 0 Å². The van der Waals surface area contributed by atoms with E-state index in [9.17, 15) is 0 Å². The van der Waals surface area contributed by atoms with Crippen LogP contribution < -0.4 is 10.6 Å². The van der Waals surface area contributed by atoms with Gasteiger partial charge in [0.1, 0.15) is 0 Å². The monoisotopic (exact) mass is 478 g/mol. The van der Waals surface area contributed by atoms with E-state index in [0.29, 0.717) is 0 Å². The van der Waals surface area contributed by atoms with Crippen LogP contribution in [0.2, 0.25) is 0 Å². The molecule has 0 nitrogen and oxygen atoms in total. The van der Waals surface area contributed by atoms with E-state index in [1.807, 2.05) is 0 Å². The molecule has 0 radical (unpaired) electrons. The van der Waals surface area contributed by atoms with Gasteiger partial charge in [-0.25, -0.2) is 0 Å². The molecule has 0 bridgehead atoms. The van der Waals surface area contributed by atoms with Crippen LogP contribution >= 0.6 is 15.8 Å². The van der Waals surface area contributed by atoms with Crippen molar-refractivity contribution in [3.05, 3.63) is 24.3 Å². The minimum Gasteiger partial charge on any atom is -0.0753 e. The van der Waals surface area contributed by atoms with Crippen molar-refractivity contribution >= 4 is 26.5 Å². The van der Waals surface area contributed by atoms with Crippen LogP contribution in [0.1, 0.15) is 130 Å². The van der Waals surface area contributed by atoms with E-state index < -0.39 is 0 Å². The quantitative estimate of drug-likeness (QED) is 0.115. The molecule has 0 aromatic heterocycles. The molecule has 0 aliphatic rings. The van der Waals surface area contributed by atoms with Gasteiger partial charge in [-0.05, 0) is 60.9 Å². The number of rotatable bonds is 22. The zero-order valence-electron chi connectivity index (χ0n) is 22.3. The standard InChI is InChI=1S/C30H56P2/c1-5-9-13-17-25-31(26-18-14-10-6-2)29-21-23-30(24-22-29)32(27-19-15-11-7-3)28-20-16-12-8-4/h21-24H,5-20,25-28H2,1-4H3. The highest BCUT2D eigenvalue weighted by molar-refractivity contribution is 7.66. The average Bonchev–Trinajstić information content (AvgIpc) is 2.82. The maximum Gasteiger partial charge on any atom is -0.0240 e. The van der Waals surface area contributed by atoms with E-state index in [-0.39, 0.29) is 15.8 Å². The first-order valence-corrected chi connectivity index (χ1v) is 17.8. The normalized spacial score (nSPS) is 11.7. The Labute approximate surface area is 205 Å². The second-order valence-electron chi connectivity index (χ2n) is 9.73. The SMILES string of the molecule is CCCCCCP(CCCCCC)c1ccc(P(CCCCCC)CCCCCC)cc1. The fraction of sp³-hybridized carbons (Fsp3) is 0.800. The van der Waals surface area contributed by atoms with Crippen molar-refractivity contribution in [1.29, 1.82) is 0 Å². The van der Waals surface area contributed by atoms with Gasteiger partial charge in [-0.1, -0.05) is 145 Å². The van der Waals surface area contributed by atoms with E-state index in [1.165, 1.54) is 127 Å². The Morgan fingerprint density at radius 2 is 0.625 bits per heavy atom. The van der Waals surface area contributed by atoms with Gasteiger partial charge in [0.25, 0.3) is 0 Å². The van der Waals surface area contributed by atoms with Gasteiger partial charge in [-0.2, -0.15) is 0 Å². The Kier molecular flexibility index (Phi) is 20.3. The van der Waals surface area contributed by atoms with Crippen molar-refractivity contribution in [3.8, 4) is 0 Å². The molecule has 0 saturated carbocycles. The van der Waals surface area contributed by atoms with Gasteiger partial charge in [0.05, 0.1) is 0 Å². The van der Waals surface area contributed by atoms with Gasteiger partial charge in [-0.3, -0.25) is 0 Å². The Hall–Kier alpha value is 0.0800. The molecule has 0 amide bonds. The van der Waals surface area contributed by atoms with Crippen LogP contribution in [-0.4, -0.2) is 24.6 Å². The van der Waals surface area contributed by atoms with Crippen molar-refractivity contribution in [2.24, 2.45) is 0 Å². The minimum absolute atomic E-state index is 0.0547. The largest absolute Gasteiger partial charge is 0.0753 e. The maximum absolute atomic E-state index is 2.56. The lowest BCUT2D eigenvalue weighted by Crippen LogP contribution is -2.13. The van der Waals surface area contributed by atoms with E-state index in [1.54, 1.807) is 10.6 Å². The van der Waals surface area contributed by atoms with E-state index >= 15 is 0 Å². The van der Waals surface area contributed by atoms with Gasteiger partial charge in [0, 0.05) is 0 Å². The molecule has 0 aliphatic heterocycles. The van der Waals surface area contributed by atoms with Crippen LogP contribution in [0.5, 0.6) is 0 Å². The molecule has 0 saturated heterocycles. The highest BCUT2D eigenvalue weighted by Gasteiger charge is 2.14. The fourth-order valence-electron chi connectivity index (χ4n) is 4.53. The lowest BCUT2D eigenvalue weighted by atomic mass is 10.2. The lowest BCUT2D eigenvalue weighted by molar-refractivity contribution is 0.697. The molecular formula is C30H56P2. The molecule has 1 aromatic rings. The molecule has 0 atom stereocenters. The summed E-state index contributed by atoms with van der Waals surface area (Å²) in [4.78, 5) is 0. The molecule has 1 rings (SSSR count). The average molecular weight is 479 g/mol. The molecule has 0 N–H and O–H groups in total. The topological polar surface area (TPSA) is 0 Å². The zero-order chi connectivity index (χ0) is 23.3. The molecule has 0 aliphatic carbocycles. The maximum atomic E-state index is 2.56. The van der Waals surface area contributed by atoms with E-state index in [2.05, 4.69) is 52.0 Å². The minimum atomic E-state index is 0.0547. The van der Waals surface area contributed by atoms with Crippen molar-refractivity contribution in [2.45, 2.75) is 130 Å². The number of benzene rings is 1. The molecule has 0 fully saturated rings. The highest BCUT2D eigenvalue weighted by Crippen LogP contribution is 2.40. The third-order valence-electron chi connectivity index (χ3n) is 6.71. The first-order valence-electron chi connectivity index (χ1n) is 14.4. The summed E-state index contributed by atoms with van der Waals surface area (Å²) in [6.07, 6.45) is 28.4. The lowest BCUT2D eigenvalue weighted by Gasteiger charge is -2.22. The van der Waals surface area contributed by atoms with Crippen molar-refractivity contribution in [1.82, 2.24) is 0 Å². The molecule has 0 unspecified atom stereocenters. The Morgan fingerprint density at radius 1 is 0.375 bits per heavy atom. The summed E-state index contributed by atoms with van der Waals surface area (Å²) < 4.78 is 0. The second kappa shape index (κ2) is 21.6. The van der Waals surface area contributed by atoms with E-state index in [0.717, 1.165) is 0 Å². The predicted molar refractivity (Wildman–Crippen MR) is 156 cm³/mol. The van der Waals surface area contributed by atoms with Crippen molar-refractivity contribution < 1.29 is 0 Å². The molecule has 2 heteroatoms. The van der Waals surface area contributed by atoms with Gasteiger partial charge in [-0.15, -0.1) is 0 Å². The van der Waals surface area contributed by atoms with Gasteiger partial charge in [0.2, 0.25) is 0 Å². The zero-order valence-corrected chi connectivity index (χ0v) is 24.1. The third-order valence-corrected chi connectivity index (χ3v) is 12.2. The summed E-state index contributed by atoms with van der Waals surface area (Å²) >= 11 is 0. The van der Waals surface area contributed by atoms with Crippen LogP contribution in [0.3, 0.4) is 0 Å². The third kappa shape index (κ3) is 14.4. The number of hydrogen-bond donors (Lipinski definition) is 0. The molecule has 0 spiro atoms. The summed E-state index contributed by atoms with van der Waals surface area (Å²) in [5, 5.41) is 3.40. The van der Waals surface area contributed by atoms with Crippen molar-refractivity contribution in [3.63, 3.8) is 0 Å². The second-order valence-corrected chi connectivity index (χ2v) is 14.7. The summed E-state index contributed by atoms with van der Waals surface area (Å²) in [5.41, 5.74) is 0. The van der Waals surface area contributed by atoms with E-state index in [4.69, 9.17) is 0 Å². The van der Waals surface area contributed by atoms with Gasteiger partial charge in [0.15, 0.2) is 0 Å². The Bertz CT molecular complexity index is 439. The summed E-state index contributed by atoms with van der Waals surface area (Å²) in [6.45, 7) is 9.31. The van der Waals surface area contributed by atoms with Crippen LogP contribution in [-0.2, 0) is 0 Å². The molecular weight excluding hydrogens is 422 g/mol. The molecule has 186 valence electrons. The fourth-order valence-corrected chi connectivity index (χ4v) is 9.57. The highest BCUT2D eigenvalue weighted by atomic mass is 31.1. The number of hydrogen-bond acceptors (Lipinski definition) is 0. The molecule has 0 heterocycles. The Balaban J connectivity index is 2.74.